The average molecular weight is 185 g/mol. The Hall–Kier alpha value is -0.0400. The fraction of sp³-hybridized carbons (Fsp3) is 1.00. The van der Waals surface area contributed by atoms with Gasteiger partial charge in [0.05, 0.1) is 0 Å². The van der Waals surface area contributed by atoms with E-state index in [2.05, 4.69) is 46.9 Å². The summed E-state index contributed by atoms with van der Waals surface area (Å²) in [6, 6.07) is 1.27. The van der Waals surface area contributed by atoms with Crippen molar-refractivity contribution in [3.63, 3.8) is 0 Å². The first-order chi connectivity index (χ1) is 6.00. The summed E-state index contributed by atoms with van der Waals surface area (Å²) in [5.74, 6) is 0. The molecular weight excluding hydrogens is 158 g/mol. The molecule has 0 aromatic carbocycles. The maximum Gasteiger partial charge on any atom is 0.00948 e. The van der Waals surface area contributed by atoms with Crippen molar-refractivity contribution >= 4 is 0 Å². The molecule has 0 rings (SSSR count). The first-order valence-electron chi connectivity index (χ1n) is 5.76. The van der Waals surface area contributed by atoms with Gasteiger partial charge in [0.15, 0.2) is 0 Å². The van der Waals surface area contributed by atoms with Gasteiger partial charge >= 0.3 is 0 Å². The minimum Gasteiger partial charge on any atom is -0.311 e. The van der Waals surface area contributed by atoms with E-state index in [4.69, 9.17) is 0 Å². The highest BCUT2D eigenvalue weighted by atomic mass is 15.0. The minimum atomic E-state index is 0.462. The van der Waals surface area contributed by atoms with E-state index in [0.29, 0.717) is 17.5 Å². The molecule has 1 N–H and O–H groups in total. The van der Waals surface area contributed by atoms with E-state index in [1.807, 2.05) is 0 Å². The Morgan fingerprint density at radius 1 is 1.08 bits per heavy atom. The van der Waals surface area contributed by atoms with E-state index in [9.17, 15) is 0 Å². The minimum absolute atomic E-state index is 0.462. The molecule has 0 bridgehead atoms. The van der Waals surface area contributed by atoms with Gasteiger partial charge in [-0.05, 0) is 38.5 Å². The second-order valence-corrected chi connectivity index (χ2v) is 4.56. The second-order valence-electron chi connectivity index (χ2n) is 4.56. The predicted molar refractivity (Wildman–Crippen MR) is 61.0 cm³/mol. The van der Waals surface area contributed by atoms with Gasteiger partial charge in [-0.2, -0.15) is 0 Å². The van der Waals surface area contributed by atoms with Crippen molar-refractivity contribution in [3.05, 3.63) is 0 Å². The van der Waals surface area contributed by atoms with Crippen molar-refractivity contribution in [3.8, 4) is 0 Å². The lowest BCUT2D eigenvalue weighted by atomic mass is 9.78. The molecule has 2 unspecified atom stereocenters. The van der Waals surface area contributed by atoms with E-state index in [0.717, 1.165) is 0 Å². The SMILES string of the molecule is CCC(C)NC(C)C(C)(CC)CC. The van der Waals surface area contributed by atoms with Crippen LogP contribution in [0.2, 0.25) is 0 Å². The van der Waals surface area contributed by atoms with Gasteiger partial charge in [0.1, 0.15) is 0 Å². The third-order valence-corrected chi connectivity index (χ3v) is 3.81. The molecule has 2 atom stereocenters. The van der Waals surface area contributed by atoms with E-state index < -0.39 is 0 Å². The van der Waals surface area contributed by atoms with Crippen LogP contribution in [0.25, 0.3) is 0 Å². The third kappa shape index (κ3) is 3.68. The van der Waals surface area contributed by atoms with Crippen molar-refractivity contribution in [2.24, 2.45) is 5.41 Å². The summed E-state index contributed by atoms with van der Waals surface area (Å²) in [6.07, 6.45) is 3.73. The van der Waals surface area contributed by atoms with Crippen LogP contribution in [-0.2, 0) is 0 Å². The molecule has 0 aliphatic rings. The molecule has 0 heterocycles. The van der Waals surface area contributed by atoms with Crippen molar-refractivity contribution in [2.75, 3.05) is 0 Å². The van der Waals surface area contributed by atoms with Crippen molar-refractivity contribution in [1.82, 2.24) is 5.32 Å². The molecule has 0 fully saturated rings. The van der Waals surface area contributed by atoms with Gasteiger partial charge < -0.3 is 5.32 Å². The molecule has 13 heavy (non-hydrogen) atoms. The summed E-state index contributed by atoms with van der Waals surface area (Å²) in [5, 5.41) is 3.67. The van der Waals surface area contributed by atoms with Crippen LogP contribution in [0.3, 0.4) is 0 Å². The van der Waals surface area contributed by atoms with Crippen LogP contribution in [0.15, 0.2) is 0 Å². The van der Waals surface area contributed by atoms with E-state index in [1.165, 1.54) is 19.3 Å². The van der Waals surface area contributed by atoms with E-state index in [-0.39, 0.29) is 0 Å². The Morgan fingerprint density at radius 3 is 1.85 bits per heavy atom. The zero-order chi connectivity index (χ0) is 10.5. The van der Waals surface area contributed by atoms with Crippen LogP contribution in [0.5, 0.6) is 0 Å². The highest BCUT2D eigenvalue weighted by Crippen LogP contribution is 2.29. The van der Waals surface area contributed by atoms with Gasteiger partial charge in [-0.1, -0.05) is 27.7 Å². The van der Waals surface area contributed by atoms with Gasteiger partial charge in [0, 0.05) is 12.1 Å². The Kier molecular flexibility index (Phi) is 5.62. The molecule has 0 aliphatic heterocycles. The van der Waals surface area contributed by atoms with Gasteiger partial charge in [-0.3, -0.25) is 0 Å². The summed E-state index contributed by atoms with van der Waals surface area (Å²) in [4.78, 5) is 0. The quantitative estimate of drug-likeness (QED) is 0.667. The molecule has 0 spiro atoms. The molecule has 0 radical (unpaired) electrons. The van der Waals surface area contributed by atoms with Crippen LogP contribution in [0, 0.1) is 5.41 Å². The highest BCUT2D eigenvalue weighted by Gasteiger charge is 2.27. The molecule has 80 valence electrons. The van der Waals surface area contributed by atoms with E-state index in [1.54, 1.807) is 0 Å². The highest BCUT2D eigenvalue weighted by molar-refractivity contribution is 4.83. The largest absolute Gasteiger partial charge is 0.311 e. The standard InChI is InChI=1S/C12H27N/c1-7-10(4)13-11(5)12(6,8-2)9-3/h10-11,13H,7-9H2,1-6H3. The van der Waals surface area contributed by atoms with Gasteiger partial charge in [-0.15, -0.1) is 0 Å². The molecule has 1 heteroatoms. The van der Waals surface area contributed by atoms with Crippen molar-refractivity contribution in [2.45, 2.75) is 72.9 Å². The number of rotatable bonds is 6. The third-order valence-electron chi connectivity index (χ3n) is 3.81. The van der Waals surface area contributed by atoms with Crippen LogP contribution >= 0.6 is 0 Å². The molecule has 0 amide bonds. The van der Waals surface area contributed by atoms with Gasteiger partial charge in [0.2, 0.25) is 0 Å². The topological polar surface area (TPSA) is 12.0 Å². The molecule has 0 saturated carbocycles. The lowest BCUT2D eigenvalue weighted by molar-refractivity contribution is 0.197. The predicted octanol–water partition coefficient (Wildman–Crippen LogP) is 3.59. The number of hydrogen-bond acceptors (Lipinski definition) is 1. The Balaban J connectivity index is 4.13. The summed E-state index contributed by atoms with van der Waals surface area (Å²) in [6.45, 7) is 13.8. The Morgan fingerprint density at radius 2 is 1.54 bits per heavy atom. The van der Waals surface area contributed by atoms with Crippen LogP contribution < -0.4 is 5.32 Å². The van der Waals surface area contributed by atoms with Crippen LogP contribution in [0.1, 0.15) is 60.8 Å². The zero-order valence-corrected chi connectivity index (χ0v) is 10.3. The average Bonchev–Trinajstić information content (AvgIpc) is 2.16. The van der Waals surface area contributed by atoms with Crippen molar-refractivity contribution < 1.29 is 0 Å². The smallest absolute Gasteiger partial charge is 0.00948 e. The summed E-state index contributed by atoms with van der Waals surface area (Å²) < 4.78 is 0. The molecule has 0 aliphatic carbocycles. The molecule has 0 aromatic rings. The van der Waals surface area contributed by atoms with Crippen LogP contribution in [-0.4, -0.2) is 12.1 Å². The normalized spacial score (nSPS) is 17.1. The molecule has 0 aromatic heterocycles. The Bertz CT molecular complexity index is 127. The maximum absolute atomic E-state index is 3.67. The Labute approximate surface area is 84.3 Å². The summed E-state index contributed by atoms with van der Waals surface area (Å²) >= 11 is 0. The first-order valence-corrected chi connectivity index (χ1v) is 5.76. The fourth-order valence-corrected chi connectivity index (χ4v) is 1.61. The van der Waals surface area contributed by atoms with E-state index >= 15 is 0 Å². The fourth-order valence-electron chi connectivity index (χ4n) is 1.61. The maximum atomic E-state index is 3.67. The molecular formula is C12H27N. The monoisotopic (exact) mass is 185 g/mol. The number of nitrogens with one attached hydrogen (secondary N) is 1. The summed E-state index contributed by atoms with van der Waals surface area (Å²) in [5.41, 5.74) is 0.462. The number of hydrogen-bond donors (Lipinski definition) is 1. The second kappa shape index (κ2) is 5.64. The zero-order valence-electron chi connectivity index (χ0n) is 10.3. The lowest BCUT2D eigenvalue weighted by Gasteiger charge is -2.36. The molecule has 1 nitrogen and oxygen atoms in total. The van der Waals surface area contributed by atoms with Gasteiger partial charge in [0.25, 0.3) is 0 Å². The van der Waals surface area contributed by atoms with Crippen LogP contribution in [0.4, 0.5) is 0 Å². The first kappa shape index (κ1) is 13.0. The molecule has 0 saturated heterocycles. The van der Waals surface area contributed by atoms with Crippen molar-refractivity contribution in [1.29, 1.82) is 0 Å². The van der Waals surface area contributed by atoms with Gasteiger partial charge in [-0.25, -0.2) is 0 Å². The summed E-state index contributed by atoms with van der Waals surface area (Å²) in [7, 11) is 0. The lowest BCUT2D eigenvalue weighted by Crippen LogP contribution is -2.44.